The van der Waals surface area contributed by atoms with Crippen molar-refractivity contribution in [3.8, 4) is 16.9 Å². The first-order valence-electron chi connectivity index (χ1n) is 8.24. The first-order valence-corrected chi connectivity index (χ1v) is 8.24. The lowest BCUT2D eigenvalue weighted by atomic mass is 10.1. The Labute approximate surface area is 159 Å². The van der Waals surface area contributed by atoms with E-state index < -0.39 is 16.8 Å². The van der Waals surface area contributed by atoms with Crippen molar-refractivity contribution in [2.75, 3.05) is 13.7 Å². The second kappa shape index (κ2) is 8.12. The summed E-state index contributed by atoms with van der Waals surface area (Å²) in [5.74, 6) is -1.10. The van der Waals surface area contributed by atoms with Gasteiger partial charge < -0.3 is 10.1 Å². The van der Waals surface area contributed by atoms with E-state index >= 15 is 0 Å². The number of para-hydroxylation sites is 1. The zero-order valence-corrected chi connectivity index (χ0v) is 14.9. The van der Waals surface area contributed by atoms with Gasteiger partial charge in [0.25, 0.3) is 11.6 Å². The Morgan fingerprint density at radius 2 is 1.82 bits per heavy atom. The molecule has 28 heavy (non-hydrogen) atoms. The van der Waals surface area contributed by atoms with Crippen molar-refractivity contribution in [2.45, 2.75) is 0 Å². The van der Waals surface area contributed by atoms with Crippen molar-refractivity contribution < 1.29 is 19.2 Å². The molecule has 9 heteroatoms. The summed E-state index contributed by atoms with van der Waals surface area (Å²) in [5.41, 5.74) is 1.76. The first kappa shape index (κ1) is 18.8. The Morgan fingerprint density at radius 1 is 1.14 bits per heavy atom. The number of nitrogens with one attached hydrogen (secondary N) is 1. The van der Waals surface area contributed by atoms with Crippen LogP contribution in [0, 0.1) is 10.1 Å². The summed E-state index contributed by atoms with van der Waals surface area (Å²) in [4.78, 5) is 34.3. The van der Waals surface area contributed by atoms with Crippen LogP contribution in [0.3, 0.4) is 0 Å². The predicted molar refractivity (Wildman–Crippen MR) is 100 cm³/mol. The molecule has 9 nitrogen and oxygen atoms in total. The lowest BCUT2D eigenvalue weighted by Gasteiger charge is -2.04. The topological polar surface area (TPSA) is 116 Å². The van der Waals surface area contributed by atoms with Crippen molar-refractivity contribution in [2.24, 2.45) is 0 Å². The zero-order chi connectivity index (χ0) is 20.1. The van der Waals surface area contributed by atoms with Gasteiger partial charge in [0.15, 0.2) is 0 Å². The highest BCUT2D eigenvalue weighted by Crippen LogP contribution is 2.25. The third kappa shape index (κ3) is 4.04. The lowest BCUT2D eigenvalue weighted by Crippen LogP contribution is -2.30. The fourth-order valence-electron chi connectivity index (χ4n) is 2.53. The Balaban J connectivity index is 2.01. The second-order valence-corrected chi connectivity index (χ2v) is 5.73. The molecule has 0 aliphatic carbocycles. The van der Waals surface area contributed by atoms with Gasteiger partial charge in [-0.25, -0.2) is 4.68 Å². The molecule has 0 spiro atoms. The van der Waals surface area contributed by atoms with Crippen LogP contribution in [0.1, 0.15) is 10.4 Å². The SMILES string of the molecule is COC(=O)CNC(=O)c1cn(-c2ccccc2)nc1-c1ccc([N+](=O)[O-])cc1. The molecule has 3 aromatic rings. The number of hydrogen-bond donors (Lipinski definition) is 1. The molecule has 0 unspecified atom stereocenters. The minimum Gasteiger partial charge on any atom is -0.468 e. The van der Waals surface area contributed by atoms with Crippen LogP contribution >= 0.6 is 0 Å². The summed E-state index contributed by atoms with van der Waals surface area (Å²) in [5, 5.41) is 17.8. The molecule has 142 valence electrons. The number of rotatable bonds is 6. The molecule has 1 amide bonds. The number of non-ortho nitro benzene ring substituents is 1. The number of nitro benzene ring substituents is 1. The van der Waals surface area contributed by atoms with E-state index in [1.807, 2.05) is 30.3 Å². The quantitative estimate of drug-likeness (QED) is 0.399. The maximum Gasteiger partial charge on any atom is 0.325 e. The summed E-state index contributed by atoms with van der Waals surface area (Å²) in [6.45, 7) is -0.286. The third-order valence-electron chi connectivity index (χ3n) is 3.95. The summed E-state index contributed by atoms with van der Waals surface area (Å²) >= 11 is 0. The fourth-order valence-corrected chi connectivity index (χ4v) is 2.53. The van der Waals surface area contributed by atoms with E-state index in [2.05, 4.69) is 15.2 Å². The highest BCUT2D eigenvalue weighted by atomic mass is 16.6. The van der Waals surface area contributed by atoms with E-state index in [0.717, 1.165) is 5.69 Å². The van der Waals surface area contributed by atoms with Gasteiger partial charge in [-0.15, -0.1) is 0 Å². The normalized spacial score (nSPS) is 10.3. The number of ether oxygens (including phenoxy) is 1. The highest BCUT2D eigenvalue weighted by Gasteiger charge is 2.20. The molecule has 3 rings (SSSR count). The van der Waals surface area contributed by atoms with Gasteiger partial charge in [0, 0.05) is 23.9 Å². The highest BCUT2D eigenvalue weighted by molar-refractivity contribution is 6.01. The van der Waals surface area contributed by atoms with E-state index in [1.54, 1.807) is 6.20 Å². The number of aromatic nitrogens is 2. The van der Waals surface area contributed by atoms with E-state index in [0.29, 0.717) is 11.3 Å². The van der Waals surface area contributed by atoms with Crippen LogP contribution in [-0.4, -0.2) is 40.2 Å². The van der Waals surface area contributed by atoms with Crippen LogP contribution < -0.4 is 5.32 Å². The number of amides is 1. The van der Waals surface area contributed by atoms with Gasteiger partial charge in [0.1, 0.15) is 12.2 Å². The standard InChI is InChI=1S/C19H16N4O5/c1-28-17(24)11-20-19(25)16-12-22(14-5-3-2-4-6-14)21-18(16)13-7-9-15(10-8-13)23(26)27/h2-10,12H,11H2,1H3,(H,20,25). The van der Waals surface area contributed by atoms with Crippen LogP contribution in [0.5, 0.6) is 0 Å². The van der Waals surface area contributed by atoms with Gasteiger partial charge in [-0.2, -0.15) is 5.10 Å². The van der Waals surface area contributed by atoms with E-state index in [4.69, 9.17) is 0 Å². The smallest absolute Gasteiger partial charge is 0.325 e. The van der Waals surface area contributed by atoms with Crippen LogP contribution in [0.4, 0.5) is 5.69 Å². The average molecular weight is 380 g/mol. The molecular formula is C19H16N4O5. The van der Waals surface area contributed by atoms with Gasteiger partial charge >= 0.3 is 5.97 Å². The molecule has 1 heterocycles. The molecule has 0 saturated heterocycles. The van der Waals surface area contributed by atoms with Gasteiger partial charge in [-0.3, -0.25) is 19.7 Å². The molecule has 2 aromatic carbocycles. The minimum atomic E-state index is -0.583. The Bertz CT molecular complexity index is 1010. The van der Waals surface area contributed by atoms with Crippen molar-refractivity contribution >= 4 is 17.6 Å². The fraction of sp³-hybridized carbons (Fsp3) is 0.105. The van der Waals surface area contributed by atoms with Crippen LogP contribution in [0.15, 0.2) is 60.8 Å². The van der Waals surface area contributed by atoms with Crippen LogP contribution in [0.2, 0.25) is 0 Å². The van der Waals surface area contributed by atoms with Crippen LogP contribution in [-0.2, 0) is 9.53 Å². The number of carbonyl (C=O) groups excluding carboxylic acids is 2. The van der Waals surface area contributed by atoms with Crippen molar-refractivity contribution in [1.82, 2.24) is 15.1 Å². The Morgan fingerprint density at radius 3 is 2.43 bits per heavy atom. The number of nitrogens with zero attached hydrogens (tertiary/aromatic N) is 3. The molecule has 1 N–H and O–H groups in total. The van der Waals surface area contributed by atoms with Gasteiger partial charge in [-0.1, -0.05) is 18.2 Å². The number of benzene rings is 2. The largest absolute Gasteiger partial charge is 0.468 e. The molecule has 0 bridgehead atoms. The Kier molecular flexibility index (Phi) is 5.45. The molecule has 0 atom stereocenters. The molecule has 0 saturated carbocycles. The molecule has 0 radical (unpaired) electrons. The van der Waals surface area contributed by atoms with Crippen molar-refractivity contribution in [1.29, 1.82) is 0 Å². The molecular weight excluding hydrogens is 364 g/mol. The number of esters is 1. The van der Waals surface area contributed by atoms with Crippen molar-refractivity contribution in [3.63, 3.8) is 0 Å². The van der Waals surface area contributed by atoms with Gasteiger partial charge in [-0.05, 0) is 24.3 Å². The number of nitro groups is 1. The second-order valence-electron chi connectivity index (χ2n) is 5.73. The number of methoxy groups -OCH3 is 1. The summed E-state index contributed by atoms with van der Waals surface area (Å²) in [7, 11) is 1.23. The number of hydrogen-bond acceptors (Lipinski definition) is 6. The van der Waals surface area contributed by atoms with E-state index in [-0.39, 0.29) is 17.8 Å². The van der Waals surface area contributed by atoms with E-state index in [1.165, 1.54) is 36.1 Å². The summed E-state index contributed by atoms with van der Waals surface area (Å²) in [6.07, 6.45) is 1.54. The average Bonchev–Trinajstić information content (AvgIpc) is 3.18. The lowest BCUT2D eigenvalue weighted by molar-refractivity contribution is -0.384. The minimum absolute atomic E-state index is 0.0667. The first-order chi connectivity index (χ1) is 13.5. The van der Waals surface area contributed by atoms with Crippen molar-refractivity contribution in [3.05, 3.63) is 76.5 Å². The third-order valence-corrected chi connectivity index (χ3v) is 3.95. The van der Waals surface area contributed by atoms with E-state index in [9.17, 15) is 19.7 Å². The maximum absolute atomic E-state index is 12.6. The van der Waals surface area contributed by atoms with Gasteiger partial charge in [0.05, 0.1) is 23.3 Å². The summed E-state index contributed by atoms with van der Waals surface area (Å²) < 4.78 is 6.05. The Hall–Kier alpha value is -4.01. The summed E-state index contributed by atoms with van der Waals surface area (Å²) in [6, 6.07) is 14.9. The predicted octanol–water partition coefficient (Wildman–Crippen LogP) is 2.35. The van der Waals surface area contributed by atoms with Crippen LogP contribution in [0.25, 0.3) is 16.9 Å². The molecule has 1 aromatic heterocycles. The van der Waals surface area contributed by atoms with Gasteiger partial charge in [0.2, 0.25) is 0 Å². The zero-order valence-electron chi connectivity index (χ0n) is 14.9. The molecule has 0 fully saturated rings. The molecule has 0 aliphatic heterocycles. The molecule has 0 aliphatic rings. The maximum atomic E-state index is 12.6. The number of carbonyl (C=O) groups is 2. The monoisotopic (exact) mass is 380 g/mol.